The summed E-state index contributed by atoms with van der Waals surface area (Å²) in [5, 5.41) is 7.65. The largest absolute Gasteiger partial charge is 0.371 e. The van der Waals surface area contributed by atoms with Crippen LogP contribution in [0.3, 0.4) is 0 Å². The predicted molar refractivity (Wildman–Crippen MR) is 67.9 cm³/mol. The molecule has 0 spiro atoms. The maximum atomic E-state index is 5.47. The number of hydrogen-bond acceptors (Lipinski definition) is 4. The summed E-state index contributed by atoms with van der Waals surface area (Å²) in [6.07, 6.45) is 8.70. The molecular formula is C13H21N3O. The lowest BCUT2D eigenvalue weighted by Gasteiger charge is -2.26. The average molecular weight is 235 g/mol. The van der Waals surface area contributed by atoms with Crippen LogP contribution in [-0.4, -0.2) is 43.0 Å². The molecule has 3 aliphatic heterocycles. The van der Waals surface area contributed by atoms with E-state index in [1.807, 2.05) is 0 Å². The molecule has 0 bridgehead atoms. The van der Waals surface area contributed by atoms with E-state index >= 15 is 0 Å². The van der Waals surface area contributed by atoms with Crippen LogP contribution in [0.25, 0.3) is 0 Å². The molecule has 0 aromatic carbocycles. The molecule has 0 aliphatic carbocycles. The highest BCUT2D eigenvalue weighted by atomic mass is 16.7. The van der Waals surface area contributed by atoms with Gasteiger partial charge in [0.15, 0.2) is 0 Å². The molecule has 1 saturated heterocycles. The molecular weight excluding hydrogens is 214 g/mol. The lowest BCUT2D eigenvalue weighted by atomic mass is 10.1. The van der Waals surface area contributed by atoms with E-state index in [9.17, 15) is 0 Å². The van der Waals surface area contributed by atoms with Crippen molar-refractivity contribution in [1.29, 1.82) is 0 Å². The normalized spacial score (nSPS) is 30.0. The van der Waals surface area contributed by atoms with Crippen molar-refractivity contribution in [2.45, 2.75) is 38.3 Å². The minimum absolute atomic E-state index is 0.0253. The Labute approximate surface area is 103 Å². The summed E-state index contributed by atoms with van der Waals surface area (Å²) in [4.78, 5) is 7.97. The van der Waals surface area contributed by atoms with Gasteiger partial charge in [0.1, 0.15) is 5.71 Å². The van der Waals surface area contributed by atoms with Gasteiger partial charge in [-0.05, 0) is 45.3 Å². The number of likely N-dealkylation sites (tertiary alicyclic amines) is 1. The molecule has 17 heavy (non-hydrogen) atoms. The summed E-state index contributed by atoms with van der Waals surface area (Å²) in [6.45, 7) is 4.41. The molecule has 94 valence electrons. The van der Waals surface area contributed by atoms with Gasteiger partial charge in [-0.15, -0.1) is 0 Å². The van der Waals surface area contributed by atoms with Gasteiger partial charge < -0.3 is 4.84 Å². The van der Waals surface area contributed by atoms with E-state index in [0.29, 0.717) is 0 Å². The molecule has 4 heteroatoms. The fourth-order valence-electron chi connectivity index (χ4n) is 2.79. The van der Waals surface area contributed by atoms with Crippen LogP contribution in [-0.2, 0) is 4.84 Å². The van der Waals surface area contributed by atoms with Crippen LogP contribution in [0.2, 0.25) is 0 Å². The lowest BCUT2D eigenvalue weighted by Crippen LogP contribution is -2.36. The second-order valence-electron chi connectivity index (χ2n) is 5.12. The standard InChI is InChI=1S/C13H21N3O/c1-4-8-16(9-5-1)10-12-11-6-2-3-7-14-13(11)17-15-12/h6,13-14H,1-5,7-10H2/t13-/m1/s1. The predicted octanol–water partition coefficient (Wildman–Crippen LogP) is 1.49. The Morgan fingerprint density at radius 1 is 1.29 bits per heavy atom. The van der Waals surface area contributed by atoms with Gasteiger partial charge in [0.05, 0.1) is 0 Å². The number of nitrogens with zero attached hydrogens (tertiary/aromatic N) is 2. The fourth-order valence-corrected chi connectivity index (χ4v) is 2.79. The highest BCUT2D eigenvalue weighted by molar-refractivity contribution is 6.03. The van der Waals surface area contributed by atoms with Crippen LogP contribution in [0.15, 0.2) is 16.8 Å². The Hall–Kier alpha value is -0.870. The minimum atomic E-state index is 0.0253. The summed E-state index contributed by atoms with van der Waals surface area (Å²) in [7, 11) is 0. The maximum absolute atomic E-state index is 5.47. The van der Waals surface area contributed by atoms with Gasteiger partial charge in [0.25, 0.3) is 0 Å². The van der Waals surface area contributed by atoms with Crippen LogP contribution >= 0.6 is 0 Å². The first-order chi connectivity index (χ1) is 8.43. The van der Waals surface area contributed by atoms with Gasteiger partial charge in [0.2, 0.25) is 6.23 Å². The second-order valence-corrected chi connectivity index (χ2v) is 5.12. The number of nitrogens with one attached hydrogen (secondary N) is 1. The Morgan fingerprint density at radius 2 is 2.18 bits per heavy atom. The third-order valence-electron chi connectivity index (χ3n) is 3.78. The van der Waals surface area contributed by atoms with Crippen molar-refractivity contribution in [3.8, 4) is 0 Å². The van der Waals surface area contributed by atoms with Crippen molar-refractivity contribution in [3.05, 3.63) is 11.6 Å². The van der Waals surface area contributed by atoms with E-state index in [1.165, 1.54) is 44.3 Å². The van der Waals surface area contributed by atoms with Crippen molar-refractivity contribution >= 4 is 5.71 Å². The smallest absolute Gasteiger partial charge is 0.206 e. The van der Waals surface area contributed by atoms with E-state index < -0.39 is 0 Å². The topological polar surface area (TPSA) is 36.9 Å². The summed E-state index contributed by atoms with van der Waals surface area (Å²) in [6, 6.07) is 0. The van der Waals surface area contributed by atoms with E-state index in [4.69, 9.17) is 4.84 Å². The van der Waals surface area contributed by atoms with Crippen LogP contribution in [0.1, 0.15) is 32.1 Å². The first-order valence-corrected chi connectivity index (χ1v) is 6.82. The van der Waals surface area contributed by atoms with E-state index in [2.05, 4.69) is 21.4 Å². The van der Waals surface area contributed by atoms with Gasteiger partial charge in [-0.25, -0.2) is 0 Å². The first kappa shape index (κ1) is 11.2. The van der Waals surface area contributed by atoms with Gasteiger partial charge in [-0.3, -0.25) is 10.2 Å². The van der Waals surface area contributed by atoms with Crippen LogP contribution in [0, 0.1) is 0 Å². The molecule has 1 fully saturated rings. The van der Waals surface area contributed by atoms with E-state index in [0.717, 1.165) is 25.2 Å². The summed E-state index contributed by atoms with van der Waals surface area (Å²) < 4.78 is 0. The van der Waals surface area contributed by atoms with Crippen molar-refractivity contribution in [1.82, 2.24) is 10.2 Å². The van der Waals surface area contributed by atoms with Gasteiger partial charge in [-0.1, -0.05) is 17.7 Å². The number of oxime groups is 1. The first-order valence-electron chi connectivity index (χ1n) is 6.82. The molecule has 3 rings (SSSR count). The van der Waals surface area contributed by atoms with Crippen molar-refractivity contribution in [2.24, 2.45) is 5.16 Å². The molecule has 1 atom stereocenters. The second kappa shape index (κ2) is 5.19. The molecule has 0 radical (unpaired) electrons. The van der Waals surface area contributed by atoms with Crippen molar-refractivity contribution in [3.63, 3.8) is 0 Å². The lowest BCUT2D eigenvalue weighted by molar-refractivity contribution is 0.0806. The Bertz CT molecular complexity index is 332. The van der Waals surface area contributed by atoms with E-state index in [1.54, 1.807) is 0 Å². The monoisotopic (exact) mass is 235 g/mol. The summed E-state index contributed by atoms with van der Waals surface area (Å²) >= 11 is 0. The highest BCUT2D eigenvalue weighted by Crippen LogP contribution is 2.21. The number of piperidine rings is 1. The zero-order valence-corrected chi connectivity index (χ0v) is 10.3. The van der Waals surface area contributed by atoms with Gasteiger partial charge in [-0.2, -0.15) is 0 Å². The molecule has 0 amide bonds. The highest BCUT2D eigenvalue weighted by Gasteiger charge is 2.29. The van der Waals surface area contributed by atoms with Crippen LogP contribution in [0.4, 0.5) is 0 Å². The zero-order valence-electron chi connectivity index (χ0n) is 10.3. The summed E-state index contributed by atoms with van der Waals surface area (Å²) in [5.74, 6) is 0. The Balaban J connectivity index is 1.64. The van der Waals surface area contributed by atoms with Crippen molar-refractivity contribution in [2.75, 3.05) is 26.2 Å². The molecule has 0 aromatic heterocycles. The minimum Gasteiger partial charge on any atom is -0.371 e. The maximum Gasteiger partial charge on any atom is 0.206 e. The SMILES string of the molecule is C1=C2C(CN3CCCCC3)=NO[C@H]2NCCC1. The number of hydrogen-bond donors (Lipinski definition) is 1. The third-order valence-corrected chi connectivity index (χ3v) is 3.78. The van der Waals surface area contributed by atoms with Gasteiger partial charge >= 0.3 is 0 Å². The molecule has 0 saturated carbocycles. The molecule has 3 heterocycles. The Kier molecular flexibility index (Phi) is 3.43. The van der Waals surface area contributed by atoms with E-state index in [-0.39, 0.29) is 6.23 Å². The Morgan fingerprint density at radius 3 is 3.06 bits per heavy atom. The van der Waals surface area contributed by atoms with Crippen LogP contribution < -0.4 is 5.32 Å². The third kappa shape index (κ3) is 2.53. The number of rotatable bonds is 2. The molecule has 0 unspecified atom stereocenters. The molecule has 0 aromatic rings. The fraction of sp³-hybridized carbons (Fsp3) is 0.769. The molecule has 4 nitrogen and oxygen atoms in total. The van der Waals surface area contributed by atoms with Crippen LogP contribution in [0.5, 0.6) is 0 Å². The summed E-state index contributed by atoms with van der Waals surface area (Å²) in [5.41, 5.74) is 2.43. The quantitative estimate of drug-likeness (QED) is 0.788. The molecule has 1 N–H and O–H groups in total. The number of allylic oxidation sites excluding steroid dienone is 1. The van der Waals surface area contributed by atoms with Gasteiger partial charge in [0, 0.05) is 12.1 Å². The number of fused-ring (bicyclic) bond motifs is 1. The zero-order chi connectivity index (χ0) is 11.5. The molecule has 3 aliphatic rings. The van der Waals surface area contributed by atoms with Crippen molar-refractivity contribution < 1.29 is 4.84 Å². The average Bonchev–Trinajstić information content (AvgIpc) is 2.61.